The smallest absolute Gasteiger partial charge is 0.0594 e. The molecule has 0 aromatic heterocycles. The molecule has 2 rings (SSSR count). The molecular formula is C12H24N2O2S. The van der Waals surface area contributed by atoms with Gasteiger partial charge in [-0.25, -0.2) is 0 Å². The highest BCUT2D eigenvalue weighted by Gasteiger charge is 2.17. The maximum atomic E-state index is 11.2. The van der Waals surface area contributed by atoms with Gasteiger partial charge in [-0.3, -0.25) is 9.11 Å². The van der Waals surface area contributed by atoms with Gasteiger partial charge in [-0.2, -0.15) is 0 Å². The summed E-state index contributed by atoms with van der Waals surface area (Å²) in [4.78, 5) is 2.47. The fourth-order valence-corrected chi connectivity index (χ4v) is 3.73. The van der Waals surface area contributed by atoms with Crippen LogP contribution in [-0.2, 0) is 15.5 Å². The van der Waals surface area contributed by atoms with E-state index in [1.807, 2.05) is 0 Å². The Hall–Kier alpha value is 0.0300. The standard InChI is InChI=1S/C12H24N2O2S/c15-17-10-2-12(3-11-17)13-4-1-5-14-6-8-16-9-7-14/h12-13H,1-11H2. The molecule has 100 valence electrons. The number of hydrogen-bond donors (Lipinski definition) is 1. The zero-order valence-corrected chi connectivity index (χ0v) is 11.3. The predicted molar refractivity (Wildman–Crippen MR) is 70.8 cm³/mol. The van der Waals surface area contributed by atoms with Crippen LogP contribution in [0.3, 0.4) is 0 Å². The van der Waals surface area contributed by atoms with E-state index in [0.717, 1.165) is 57.2 Å². The first kappa shape index (κ1) is 13.5. The van der Waals surface area contributed by atoms with Crippen molar-refractivity contribution in [2.45, 2.75) is 25.3 Å². The van der Waals surface area contributed by atoms with E-state index < -0.39 is 10.8 Å². The number of nitrogens with zero attached hydrogens (tertiary/aromatic N) is 1. The number of ether oxygens (including phenoxy) is 1. The topological polar surface area (TPSA) is 41.6 Å². The first-order chi connectivity index (χ1) is 8.34. The monoisotopic (exact) mass is 260 g/mol. The third kappa shape index (κ3) is 5.04. The lowest BCUT2D eigenvalue weighted by molar-refractivity contribution is 0.0374. The highest BCUT2D eigenvalue weighted by molar-refractivity contribution is 7.85. The van der Waals surface area contributed by atoms with Crippen LogP contribution in [0.15, 0.2) is 0 Å². The SMILES string of the molecule is O=S1CCC(NCCCN2CCOCC2)CC1. The Labute approximate surface area is 107 Å². The summed E-state index contributed by atoms with van der Waals surface area (Å²) >= 11 is 0. The Morgan fingerprint density at radius 2 is 1.94 bits per heavy atom. The van der Waals surface area contributed by atoms with Crippen LogP contribution < -0.4 is 5.32 Å². The molecule has 4 nitrogen and oxygen atoms in total. The van der Waals surface area contributed by atoms with E-state index in [4.69, 9.17) is 4.74 Å². The van der Waals surface area contributed by atoms with Gasteiger partial charge in [-0.05, 0) is 32.4 Å². The van der Waals surface area contributed by atoms with Crippen molar-refractivity contribution in [1.29, 1.82) is 0 Å². The quantitative estimate of drug-likeness (QED) is 0.718. The van der Waals surface area contributed by atoms with E-state index in [1.54, 1.807) is 0 Å². The molecule has 0 aromatic rings. The third-order valence-electron chi connectivity index (χ3n) is 3.58. The molecule has 5 heteroatoms. The van der Waals surface area contributed by atoms with Crippen LogP contribution in [0.2, 0.25) is 0 Å². The van der Waals surface area contributed by atoms with Gasteiger partial charge in [-0.1, -0.05) is 0 Å². The molecule has 2 fully saturated rings. The minimum atomic E-state index is -0.534. The number of morpholine rings is 1. The number of nitrogens with one attached hydrogen (secondary N) is 1. The lowest BCUT2D eigenvalue weighted by atomic mass is 10.1. The molecule has 0 saturated carbocycles. The summed E-state index contributed by atoms with van der Waals surface area (Å²) < 4.78 is 16.5. The van der Waals surface area contributed by atoms with Crippen molar-refractivity contribution < 1.29 is 8.95 Å². The largest absolute Gasteiger partial charge is 0.379 e. The molecule has 2 aliphatic rings. The van der Waals surface area contributed by atoms with Crippen molar-refractivity contribution in [3.8, 4) is 0 Å². The van der Waals surface area contributed by atoms with Crippen LogP contribution in [0.4, 0.5) is 0 Å². The van der Waals surface area contributed by atoms with Crippen molar-refractivity contribution in [2.24, 2.45) is 0 Å². The minimum Gasteiger partial charge on any atom is -0.379 e. The van der Waals surface area contributed by atoms with Crippen molar-refractivity contribution in [2.75, 3.05) is 50.9 Å². The van der Waals surface area contributed by atoms with Gasteiger partial charge in [0.1, 0.15) is 0 Å². The van der Waals surface area contributed by atoms with Gasteiger partial charge in [0.05, 0.1) is 13.2 Å². The molecule has 17 heavy (non-hydrogen) atoms. The van der Waals surface area contributed by atoms with Gasteiger partial charge in [0.2, 0.25) is 0 Å². The third-order valence-corrected chi connectivity index (χ3v) is 4.96. The molecule has 0 spiro atoms. The molecule has 2 aliphatic heterocycles. The zero-order chi connectivity index (χ0) is 11.9. The van der Waals surface area contributed by atoms with Crippen LogP contribution in [0.5, 0.6) is 0 Å². The number of hydrogen-bond acceptors (Lipinski definition) is 4. The van der Waals surface area contributed by atoms with Crippen LogP contribution in [-0.4, -0.2) is 66.0 Å². The van der Waals surface area contributed by atoms with Crippen molar-refractivity contribution in [3.05, 3.63) is 0 Å². The molecule has 2 saturated heterocycles. The molecule has 0 unspecified atom stereocenters. The summed E-state index contributed by atoms with van der Waals surface area (Å²) in [5, 5.41) is 3.59. The van der Waals surface area contributed by atoms with Crippen LogP contribution in [0, 0.1) is 0 Å². The first-order valence-corrected chi connectivity index (χ1v) is 8.22. The molecular weight excluding hydrogens is 236 g/mol. The summed E-state index contributed by atoms with van der Waals surface area (Å²) in [5.41, 5.74) is 0. The molecule has 0 aliphatic carbocycles. The summed E-state index contributed by atoms with van der Waals surface area (Å²) in [5.74, 6) is 1.78. The second kappa shape index (κ2) is 7.46. The molecule has 0 aromatic carbocycles. The highest BCUT2D eigenvalue weighted by atomic mass is 32.2. The fraction of sp³-hybridized carbons (Fsp3) is 1.00. The Morgan fingerprint density at radius 3 is 2.65 bits per heavy atom. The van der Waals surface area contributed by atoms with E-state index >= 15 is 0 Å². The van der Waals surface area contributed by atoms with E-state index in [1.165, 1.54) is 13.0 Å². The zero-order valence-electron chi connectivity index (χ0n) is 10.5. The molecule has 0 bridgehead atoms. The Balaban J connectivity index is 1.49. The molecule has 1 N–H and O–H groups in total. The van der Waals surface area contributed by atoms with E-state index in [-0.39, 0.29) is 0 Å². The van der Waals surface area contributed by atoms with Gasteiger partial charge >= 0.3 is 0 Å². The van der Waals surface area contributed by atoms with Gasteiger partial charge in [0, 0.05) is 41.4 Å². The van der Waals surface area contributed by atoms with Crippen LogP contribution >= 0.6 is 0 Å². The molecule has 0 amide bonds. The lowest BCUT2D eigenvalue weighted by Crippen LogP contribution is -2.40. The summed E-state index contributed by atoms with van der Waals surface area (Å²) in [6.07, 6.45) is 3.38. The fourth-order valence-electron chi connectivity index (χ4n) is 2.43. The van der Waals surface area contributed by atoms with Crippen molar-refractivity contribution in [3.63, 3.8) is 0 Å². The van der Waals surface area contributed by atoms with E-state index in [2.05, 4.69) is 10.2 Å². The van der Waals surface area contributed by atoms with Crippen LogP contribution in [0.1, 0.15) is 19.3 Å². The Morgan fingerprint density at radius 1 is 1.24 bits per heavy atom. The van der Waals surface area contributed by atoms with Gasteiger partial charge in [0.15, 0.2) is 0 Å². The van der Waals surface area contributed by atoms with Gasteiger partial charge < -0.3 is 10.1 Å². The van der Waals surface area contributed by atoms with E-state index in [9.17, 15) is 4.21 Å². The van der Waals surface area contributed by atoms with Crippen molar-refractivity contribution in [1.82, 2.24) is 10.2 Å². The average Bonchev–Trinajstić information content (AvgIpc) is 2.38. The van der Waals surface area contributed by atoms with E-state index in [0.29, 0.717) is 6.04 Å². The second-order valence-corrected chi connectivity index (χ2v) is 6.58. The van der Waals surface area contributed by atoms with Gasteiger partial charge in [0.25, 0.3) is 0 Å². The number of rotatable bonds is 5. The predicted octanol–water partition coefficient (Wildman–Crippen LogP) is 0.209. The normalized spacial score (nSPS) is 31.5. The Bertz CT molecular complexity index is 235. The lowest BCUT2D eigenvalue weighted by Gasteiger charge is -2.27. The molecule has 2 heterocycles. The maximum absolute atomic E-state index is 11.2. The minimum absolute atomic E-state index is 0.534. The van der Waals surface area contributed by atoms with Gasteiger partial charge in [-0.15, -0.1) is 0 Å². The molecule has 0 radical (unpaired) electrons. The molecule has 0 atom stereocenters. The summed E-state index contributed by atoms with van der Waals surface area (Å²) in [6.45, 7) is 6.22. The highest BCUT2D eigenvalue weighted by Crippen LogP contribution is 2.08. The van der Waals surface area contributed by atoms with Crippen molar-refractivity contribution >= 4 is 10.8 Å². The summed E-state index contributed by atoms with van der Waals surface area (Å²) in [7, 11) is -0.534. The summed E-state index contributed by atoms with van der Waals surface area (Å²) in [6, 6.07) is 0.609. The second-order valence-electron chi connectivity index (χ2n) is 4.88. The first-order valence-electron chi connectivity index (χ1n) is 6.73. The maximum Gasteiger partial charge on any atom is 0.0594 e. The average molecular weight is 260 g/mol. The Kier molecular flexibility index (Phi) is 5.91. The van der Waals surface area contributed by atoms with Crippen LogP contribution in [0.25, 0.3) is 0 Å².